The van der Waals surface area contributed by atoms with Gasteiger partial charge in [-0.05, 0) is 18.2 Å². The number of ether oxygens (including phenoxy) is 1. The van der Waals surface area contributed by atoms with E-state index >= 15 is 0 Å². The summed E-state index contributed by atoms with van der Waals surface area (Å²) < 4.78 is 5.04. The SMILES string of the molecule is COc1ccc(N2CC(C(N)=O)CC2=O)cc1Cl. The van der Waals surface area contributed by atoms with Gasteiger partial charge in [0, 0.05) is 18.7 Å². The largest absolute Gasteiger partial charge is 0.495 e. The molecule has 1 unspecified atom stereocenters. The standard InChI is InChI=1S/C12H13ClN2O3/c1-18-10-3-2-8(5-9(10)13)15-6-7(12(14)17)4-11(15)16/h2-3,5,7H,4,6H2,1H3,(H2,14,17). The van der Waals surface area contributed by atoms with Crippen LogP contribution in [0.4, 0.5) is 5.69 Å². The number of hydrogen-bond acceptors (Lipinski definition) is 3. The molecule has 6 heteroatoms. The van der Waals surface area contributed by atoms with Crippen LogP contribution in [0.15, 0.2) is 18.2 Å². The predicted octanol–water partition coefficient (Wildman–Crippen LogP) is 1.19. The maximum absolute atomic E-state index is 11.8. The Bertz CT molecular complexity index is 504. The first-order valence-electron chi connectivity index (χ1n) is 5.46. The van der Waals surface area contributed by atoms with Crippen LogP contribution in [-0.4, -0.2) is 25.5 Å². The number of anilines is 1. The number of benzene rings is 1. The number of halogens is 1. The molecule has 1 saturated heterocycles. The molecule has 96 valence electrons. The third-order valence-electron chi connectivity index (χ3n) is 2.97. The minimum absolute atomic E-state index is 0.125. The predicted molar refractivity (Wildman–Crippen MR) is 67.7 cm³/mol. The van der Waals surface area contributed by atoms with E-state index in [1.54, 1.807) is 18.2 Å². The molecular weight excluding hydrogens is 256 g/mol. The molecule has 0 radical (unpaired) electrons. The Morgan fingerprint density at radius 2 is 2.28 bits per heavy atom. The first-order valence-corrected chi connectivity index (χ1v) is 5.84. The van der Waals surface area contributed by atoms with Crippen LogP contribution >= 0.6 is 11.6 Å². The fourth-order valence-electron chi connectivity index (χ4n) is 1.97. The zero-order valence-electron chi connectivity index (χ0n) is 9.85. The van der Waals surface area contributed by atoms with Crippen molar-refractivity contribution in [2.75, 3.05) is 18.6 Å². The molecule has 1 aliphatic heterocycles. The Morgan fingerprint density at radius 3 is 2.78 bits per heavy atom. The van der Waals surface area contributed by atoms with E-state index < -0.39 is 11.8 Å². The van der Waals surface area contributed by atoms with Crippen molar-refractivity contribution in [2.45, 2.75) is 6.42 Å². The average Bonchev–Trinajstić information content (AvgIpc) is 2.71. The smallest absolute Gasteiger partial charge is 0.227 e. The quantitative estimate of drug-likeness (QED) is 0.895. The minimum Gasteiger partial charge on any atom is -0.495 e. The Labute approximate surface area is 109 Å². The van der Waals surface area contributed by atoms with Crippen molar-refractivity contribution >= 4 is 29.1 Å². The Kier molecular flexibility index (Phi) is 3.43. The van der Waals surface area contributed by atoms with Crippen molar-refractivity contribution in [3.8, 4) is 5.75 Å². The second-order valence-electron chi connectivity index (χ2n) is 4.13. The molecule has 0 spiro atoms. The van der Waals surface area contributed by atoms with Crippen LogP contribution in [0.2, 0.25) is 5.02 Å². The molecule has 2 amide bonds. The first-order chi connectivity index (χ1) is 8.52. The van der Waals surface area contributed by atoms with Gasteiger partial charge in [-0.2, -0.15) is 0 Å². The molecule has 2 N–H and O–H groups in total. The van der Waals surface area contributed by atoms with Crippen LogP contribution in [0.3, 0.4) is 0 Å². The number of nitrogens with zero attached hydrogens (tertiary/aromatic N) is 1. The van der Waals surface area contributed by atoms with Crippen LogP contribution in [0, 0.1) is 5.92 Å². The van der Waals surface area contributed by atoms with Crippen LogP contribution in [0.1, 0.15) is 6.42 Å². The molecule has 2 rings (SSSR count). The van der Waals surface area contributed by atoms with Gasteiger partial charge >= 0.3 is 0 Å². The molecule has 1 aromatic carbocycles. The van der Waals surface area contributed by atoms with Crippen molar-refractivity contribution in [1.29, 1.82) is 0 Å². The highest BCUT2D eigenvalue weighted by Gasteiger charge is 2.34. The summed E-state index contributed by atoms with van der Waals surface area (Å²) in [4.78, 5) is 24.4. The monoisotopic (exact) mass is 268 g/mol. The highest BCUT2D eigenvalue weighted by molar-refractivity contribution is 6.32. The lowest BCUT2D eigenvalue weighted by molar-refractivity contribution is -0.123. The molecule has 1 atom stereocenters. The summed E-state index contributed by atoms with van der Waals surface area (Å²) in [6.45, 7) is 0.302. The van der Waals surface area contributed by atoms with Crippen molar-refractivity contribution in [2.24, 2.45) is 11.7 Å². The Balaban J connectivity index is 2.24. The first kappa shape index (κ1) is 12.7. The normalized spacial score (nSPS) is 19.1. The highest BCUT2D eigenvalue weighted by atomic mass is 35.5. The third kappa shape index (κ3) is 2.26. The average molecular weight is 269 g/mol. The fraction of sp³-hybridized carbons (Fsp3) is 0.333. The molecule has 18 heavy (non-hydrogen) atoms. The van der Waals surface area contributed by atoms with Gasteiger partial charge in [0.15, 0.2) is 0 Å². The van der Waals surface area contributed by atoms with Crippen LogP contribution in [0.5, 0.6) is 5.75 Å². The van der Waals surface area contributed by atoms with E-state index in [0.29, 0.717) is 23.0 Å². The van der Waals surface area contributed by atoms with Crippen LogP contribution in [0.25, 0.3) is 0 Å². The van der Waals surface area contributed by atoms with E-state index in [0.717, 1.165) is 0 Å². The summed E-state index contributed by atoms with van der Waals surface area (Å²) in [6, 6.07) is 5.05. The second kappa shape index (κ2) is 4.86. The van der Waals surface area contributed by atoms with E-state index in [4.69, 9.17) is 22.1 Å². The maximum atomic E-state index is 11.8. The number of rotatable bonds is 3. The summed E-state index contributed by atoms with van der Waals surface area (Å²) in [7, 11) is 1.52. The van der Waals surface area contributed by atoms with Crippen molar-refractivity contribution in [3.05, 3.63) is 23.2 Å². The Morgan fingerprint density at radius 1 is 1.56 bits per heavy atom. The van der Waals surface area contributed by atoms with Crippen LogP contribution in [-0.2, 0) is 9.59 Å². The van der Waals surface area contributed by atoms with Gasteiger partial charge in [-0.3, -0.25) is 9.59 Å². The zero-order valence-corrected chi connectivity index (χ0v) is 10.6. The number of carbonyl (C=O) groups excluding carboxylic acids is 2. The molecule has 0 bridgehead atoms. The Hall–Kier alpha value is -1.75. The van der Waals surface area contributed by atoms with E-state index in [-0.39, 0.29) is 12.3 Å². The molecule has 1 heterocycles. The topological polar surface area (TPSA) is 72.6 Å². The molecule has 0 aromatic heterocycles. The summed E-state index contributed by atoms with van der Waals surface area (Å²) in [5.74, 6) is -0.470. The molecule has 1 fully saturated rings. The van der Waals surface area contributed by atoms with Gasteiger partial charge in [0.25, 0.3) is 0 Å². The fourth-order valence-corrected chi connectivity index (χ4v) is 2.22. The van der Waals surface area contributed by atoms with Gasteiger partial charge in [0.2, 0.25) is 11.8 Å². The number of amides is 2. The third-order valence-corrected chi connectivity index (χ3v) is 3.27. The zero-order chi connectivity index (χ0) is 13.3. The summed E-state index contributed by atoms with van der Waals surface area (Å²) >= 11 is 6.00. The van der Waals surface area contributed by atoms with Gasteiger partial charge in [-0.1, -0.05) is 11.6 Å². The lowest BCUT2D eigenvalue weighted by atomic mass is 10.1. The van der Waals surface area contributed by atoms with Crippen molar-refractivity contribution in [3.63, 3.8) is 0 Å². The van der Waals surface area contributed by atoms with Gasteiger partial charge in [-0.25, -0.2) is 0 Å². The second-order valence-corrected chi connectivity index (χ2v) is 4.53. The number of methoxy groups -OCH3 is 1. The summed E-state index contributed by atoms with van der Waals surface area (Å²) in [6.07, 6.45) is 0.152. The van der Waals surface area contributed by atoms with E-state index in [9.17, 15) is 9.59 Å². The number of carbonyl (C=O) groups is 2. The lowest BCUT2D eigenvalue weighted by Crippen LogP contribution is -2.28. The molecule has 0 aliphatic carbocycles. The highest BCUT2D eigenvalue weighted by Crippen LogP contribution is 2.32. The minimum atomic E-state index is -0.453. The summed E-state index contributed by atoms with van der Waals surface area (Å²) in [5.41, 5.74) is 5.86. The van der Waals surface area contributed by atoms with E-state index in [2.05, 4.69) is 0 Å². The van der Waals surface area contributed by atoms with E-state index in [1.165, 1.54) is 12.0 Å². The number of primary amides is 1. The number of hydrogen-bond donors (Lipinski definition) is 1. The summed E-state index contributed by atoms with van der Waals surface area (Å²) in [5, 5.41) is 0.422. The van der Waals surface area contributed by atoms with Crippen molar-refractivity contribution < 1.29 is 14.3 Å². The number of nitrogens with two attached hydrogens (primary N) is 1. The van der Waals surface area contributed by atoms with E-state index in [1.807, 2.05) is 0 Å². The van der Waals surface area contributed by atoms with Gasteiger partial charge in [-0.15, -0.1) is 0 Å². The van der Waals surface area contributed by atoms with Crippen LogP contribution < -0.4 is 15.4 Å². The van der Waals surface area contributed by atoms with Gasteiger partial charge < -0.3 is 15.4 Å². The molecule has 1 aliphatic rings. The molecule has 0 saturated carbocycles. The lowest BCUT2D eigenvalue weighted by Gasteiger charge is -2.17. The maximum Gasteiger partial charge on any atom is 0.227 e. The molecular formula is C12H13ClN2O3. The molecule has 5 nitrogen and oxygen atoms in total. The molecule has 1 aromatic rings. The van der Waals surface area contributed by atoms with Gasteiger partial charge in [0.05, 0.1) is 18.1 Å². The van der Waals surface area contributed by atoms with Gasteiger partial charge in [0.1, 0.15) is 5.75 Å². The van der Waals surface area contributed by atoms with Crippen molar-refractivity contribution in [1.82, 2.24) is 0 Å².